The third-order valence-electron chi connectivity index (χ3n) is 2.38. The minimum absolute atomic E-state index is 0.0570. The monoisotopic (exact) mass is 285 g/mol. The van der Waals surface area contributed by atoms with Gasteiger partial charge in [0.15, 0.2) is 0 Å². The molecule has 0 radical (unpaired) electrons. The van der Waals surface area contributed by atoms with Crippen molar-refractivity contribution in [2.24, 2.45) is 0 Å². The maximum atomic E-state index is 13.6. The largest absolute Gasteiger partial charge is 0.384 e. The number of sulfonamides is 1. The molecule has 0 unspecified atom stereocenters. The average molecular weight is 285 g/mol. The minimum atomic E-state index is -3.68. The van der Waals surface area contributed by atoms with Crippen molar-refractivity contribution in [1.82, 2.24) is 4.72 Å². The van der Waals surface area contributed by atoms with Crippen molar-refractivity contribution in [1.29, 1.82) is 0 Å². The van der Waals surface area contributed by atoms with Crippen LogP contribution < -0.4 is 4.72 Å². The van der Waals surface area contributed by atoms with Crippen molar-refractivity contribution >= 4 is 10.0 Å². The van der Waals surface area contributed by atoms with E-state index < -0.39 is 15.8 Å². The Hall–Kier alpha value is -1.42. The predicted molar refractivity (Wildman–Crippen MR) is 70.5 cm³/mol. The fourth-order valence-electron chi connectivity index (χ4n) is 1.37. The van der Waals surface area contributed by atoms with Gasteiger partial charge in [-0.1, -0.05) is 25.2 Å². The summed E-state index contributed by atoms with van der Waals surface area (Å²) in [6, 6.07) is 3.50. The molecule has 0 aliphatic heterocycles. The first-order valence-corrected chi connectivity index (χ1v) is 7.38. The van der Waals surface area contributed by atoms with Crippen molar-refractivity contribution in [3.05, 3.63) is 29.6 Å². The molecule has 1 rings (SSSR count). The summed E-state index contributed by atoms with van der Waals surface area (Å²) in [5, 5.41) is 8.52. The predicted octanol–water partition coefficient (Wildman–Crippen LogP) is 1.25. The average Bonchev–Trinajstić information content (AvgIpc) is 2.37. The van der Waals surface area contributed by atoms with Gasteiger partial charge in [-0.25, -0.2) is 17.5 Å². The lowest BCUT2D eigenvalue weighted by Gasteiger charge is -2.06. The molecule has 1 aromatic carbocycles. The maximum Gasteiger partial charge on any atom is 0.240 e. The number of halogens is 1. The molecule has 0 aromatic heterocycles. The van der Waals surface area contributed by atoms with Crippen LogP contribution in [0.15, 0.2) is 23.1 Å². The van der Waals surface area contributed by atoms with E-state index in [9.17, 15) is 12.8 Å². The van der Waals surface area contributed by atoms with E-state index in [0.29, 0.717) is 6.54 Å². The molecule has 0 heterocycles. The van der Waals surface area contributed by atoms with Gasteiger partial charge in [0.2, 0.25) is 10.0 Å². The van der Waals surface area contributed by atoms with Gasteiger partial charge in [0.1, 0.15) is 12.4 Å². The van der Waals surface area contributed by atoms with Gasteiger partial charge in [0.05, 0.1) is 10.5 Å². The van der Waals surface area contributed by atoms with Gasteiger partial charge >= 0.3 is 0 Å². The van der Waals surface area contributed by atoms with E-state index in [1.807, 2.05) is 6.92 Å². The van der Waals surface area contributed by atoms with Crippen LogP contribution in [-0.4, -0.2) is 26.7 Å². The molecule has 4 nitrogen and oxygen atoms in total. The van der Waals surface area contributed by atoms with Crippen molar-refractivity contribution < 1.29 is 17.9 Å². The molecular formula is C13H16FNO3S. The Morgan fingerprint density at radius 3 is 2.74 bits per heavy atom. The summed E-state index contributed by atoms with van der Waals surface area (Å²) in [5.41, 5.74) is 0.0570. The Kier molecular flexibility index (Phi) is 5.96. The molecule has 0 spiro atoms. The van der Waals surface area contributed by atoms with Crippen molar-refractivity contribution in [2.75, 3.05) is 13.2 Å². The number of aliphatic hydroxyl groups excluding tert-OH is 1. The quantitative estimate of drug-likeness (QED) is 0.632. The lowest BCUT2D eigenvalue weighted by Crippen LogP contribution is -2.24. The maximum absolute atomic E-state index is 13.6. The topological polar surface area (TPSA) is 66.4 Å². The van der Waals surface area contributed by atoms with E-state index in [2.05, 4.69) is 16.6 Å². The van der Waals surface area contributed by atoms with Crippen LogP contribution in [-0.2, 0) is 10.0 Å². The number of benzene rings is 1. The number of nitrogens with one attached hydrogen (secondary N) is 1. The third-order valence-corrected chi connectivity index (χ3v) is 3.83. The molecule has 0 atom stereocenters. The molecule has 1 aromatic rings. The Morgan fingerprint density at radius 2 is 2.16 bits per heavy atom. The molecule has 0 aliphatic rings. The van der Waals surface area contributed by atoms with E-state index in [0.717, 1.165) is 18.9 Å². The summed E-state index contributed by atoms with van der Waals surface area (Å²) in [5.74, 6) is 3.99. The minimum Gasteiger partial charge on any atom is -0.384 e. The summed E-state index contributed by atoms with van der Waals surface area (Å²) in [6.45, 7) is 1.90. The van der Waals surface area contributed by atoms with Crippen LogP contribution in [0.3, 0.4) is 0 Å². The lowest BCUT2D eigenvalue weighted by molar-refractivity contribution is 0.350. The lowest BCUT2D eigenvalue weighted by atomic mass is 10.2. The molecule has 104 valence electrons. The summed E-state index contributed by atoms with van der Waals surface area (Å²) in [7, 11) is -3.68. The fourth-order valence-corrected chi connectivity index (χ4v) is 2.45. The Bertz CT molecular complexity index is 588. The van der Waals surface area contributed by atoms with Crippen LogP contribution in [0.25, 0.3) is 0 Å². The van der Waals surface area contributed by atoms with Crippen molar-refractivity contribution in [3.63, 3.8) is 0 Å². The molecule has 0 fully saturated rings. The molecule has 2 N–H and O–H groups in total. The Balaban J connectivity index is 2.94. The first-order chi connectivity index (χ1) is 9.01. The second-order valence-corrected chi connectivity index (χ2v) is 5.62. The molecule has 0 aliphatic carbocycles. The molecular weight excluding hydrogens is 269 g/mol. The smallest absolute Gasteiger partial charge is 0.240 e. The van der Waals surface area contributed by atoms with Gasteiger partial charge in [-0.05, 0) is 24.6 Å². The van der Waals surface area contributed by atoms with E-state index in [1.54, 1.807) is 0 Å². The highest BCUT2D eigenvalue weighted by atomic mass is 32.2. The van der Waals surface area contributed by atoms with Crippen molar-refractivity contribution in [2.45, 2.75) is 24.7 Å². The first-order valence-electron chi connectivity index (χ1n) is 5.90. The number of rotatable bonds is 5. The van der Waals surface area contributed by atoms with Gasteiger partial charge in [-0.2, -0.15) is 0 Å². The molecule has 6 heteroatoms. The van der Waals surface area contributed by atoms with Crippen LogP contribution >= 0.6 is 0 Å². The van der Waals surface area contributed by atoms with E-state index >= 15 is 0 Å². The zero-order valence-corrected chi connectivity index (χ0v) is 11.4. The summed E-state index contributed by atoms with van der Waals surface area (Å²) >= 11 is 0. The first kappa shape index (κ1) is 15.6. The SMILES string of the molecule is CCCCNS(=O)(=O)c1ccc(C#CCO)c(F)c1. The molecule has 0 saturated heterocycles. The summed E-state index contributed by atoms with van der Waals surface area (Å²) in [6.07, 6.45) is 1.59. The zero-order chi connectivity index (χ0) is 14.3. The van der Waals surface area contributed by atoms with Crippen molar-refractivity contribution in [3.8, 4) is 11.8 Å². The fraction of sp³-hybridized carbons (Fsp3) is 0.385. The van der Waals surface area contributed by atoms with Gasteiger partial charge in [0.25, 0.3) is 0 Å². The van der Waals surface area contributed by atoms with E-state index in [1.165, 1.54) is 12.1 Å². The molecule has 0 bridgehead atoms. The van der Waals surface area contributed by atoms with Crippen LogP contribution in [0.4, 0.5) is 4.39 Å². The van der Waals surface area contributed by atoms with Crippen LogP contribution in [0.2, 0.25) is 0 Å². The molecule has 0 amide bonds. The second-order valence-electron chi connectivity index (χ2n) is 3.85. The van der Waals surface area contributed by atoms with E-state index in [4.69, 9.17) is 5.11 Å². The number of hydrogen-bond acceptors (Lipinski definition) is 3. The Morgan fingerprint density at radius 1 is 1.42 bits per heavy atom. The van der Waals surface area contributed by atoms with Crippen LogP contribution in [0.1, 0.15) is 25.3 Å². The number of aliphatic hydroxyl groups is 1. The molecule has 0 saturated carbocycles. The summed E-state index contributed by atoms with van der Waals surface area (Å²) in [4.78, 5) is -0.129. The highest BCUT2D eigenvalue weighted by Crippen LogP contribution is 2.14. The summed E-state index contributed by atoms with van der Waals surface area (Å²) < 4.78 is 39.7. The van der Waals surface area contributed by atoms with Gasteiger partial charge < -0.3 is 5.11 Å². The molecule has 19 heavy (non-hydrogen) atoms. The normalized spacial score (nSPS) is 10.9. The van der Waals surface area contributed by atoms with Crippen LogP contribution in [0, 0.1) is 17.7 Å². The Labute approximate surface area is 112 Å². The van der Waals surface area contributed by atoms with Gasteiger partial charge in [-0.15, -0.1) is 0 Å². The second kappa shape index (κ2) is 7.24. The zero-order valence-electron chi connectivity index (χ0n) is 10.6. The third kappa shape index (κ3) is 4.63. The highest BCUT2D eigenvalue weighted by Gasteiger charge is 2.15. The number of hydrogen-bond donors (Lipinski definition) is 2. The van der Waals surface area contributed by atoms with Gasteiger partial charge in [0, 0.05) is 6.54 Å². The standard InChI is InChI=1S/C13H16FNO3S/c1-2-3-8-15-19(17,18)12-7-6-11(5-4-9-16)13(14)10-12/h6-7,10,15-16H,2-3,8-9H2,1H3. The number of unbranched alkanes of at least 4 members (excludes halogenated alkanes) is 1. The van der Waals surface area contributed by atoms with E-state index in [-0.39, 0.29) is 17.1 Å². The van der Waals surface area contributed by atoms with Crippen LogP contribution in [0.5, 0.6) is 0 Å². The van der Waals surface area contributed by atoms with Gasteiger partial charge in [-0.3, -0.25) is 0 Å². The highest BCUT2D eigenvalue weighted by molar-refractivity contribution is 7.89.